The maximum absolute atomic E-state index is 4.76. The van der Waals surface area contributed by atoms with Crippen LogP contribution in [0.5, 0.6) is 0 Å². The van der Waals surface area contributed by atoms with E-state index in [2.05, 4.69) is 40.2 Å². The van der Waals surface area contributed by atoms with E-state index in [0.29, 0.717) is 0 Å². The highest BCUT2D eigenvalue weighted by atomic mass is 127. The van der Waals surface area contributed by atoms with Gasteiger partial charge >= 0.3 is 0 Å². The normalized spacial score (nSPS) is 21.4. The van der Waals surface area contributed by atoms with Crippen molar-refractivity contribution in [3.8, 4) is 0 Å². The molecule has 2 aliphatic rings. The van der Waals surface area contributed by atoms with Crippen molar-refractivity contribution in [2.45, 2.75) is 25.8 Å². The average molecular weight is 343 g/mol. The minimum Gasteiger partial charge on any atom is -0.306 e. The number of benzene rings is 1. The molecule has 0 unspecified atom stereocenters. The van der Waals surface area contributed by atoms with Gasteiger partial charge in [-0.25, -0.2) is 3.15 Å². The number of hydrogen-bond donors (Lipinski definition) is 0. The third-order valence-corrected chi connectivity index (χ3v) is 6.09. The van der Waals surface area contributed by atoms with Gasteiger partial charge in [0.15, 0.2) is 0 Å². The first-order valence-electron chi connectivity index (χ1n) is 6.18. The average Bonchev–Trinajstić information content (AvgIpc) is 2.73. The third kappa shape index (κ3) is 2.25. The predicted molar refractivity (Wildman–Crippen MR) is 80.3 cm³/mol. The molecular weight excluding hydrogens is 325 g/mol. The van der Waals surface area contributed by atoms with E-state index < -0.39 is 0 Å². The van der Waals surface area contributed by atoms with E-state index in [0.717, 1.165) is 6.04 Å². The van der Waals surface area contributed by atoms with Crippen LogP contribution in [0.2, 0.25) is 0 Å². The zero-order chi connectivity index (χ0) is 11.8. The van der Waals surface area contributed by atoms with Crippen molar-refractivity contribution in [2.75, 3.05) is 23.3 Å². The summed E-state index contributed by atoms with van der Waals surface area (Å²) in [6.45, 7) is 4.60. The Hall–Kier alpha value is -0.490. The summed E-state index contributed by atoms with van der Waals surface area (Å²) in [6.07, 6.45) is 2.58. The minimum absolute atomic E-state index is 0.166. The van der Waals surface area contributed by atoms with Crippen molar-refractivity contribution >= 4 is 32.7 Å². The molecule has 1 saturated heterocycles. The number of aryl methyl sites for hydroxylation is 1. The number of anilines is 1. The second kappa shape index (κ2) is 4.65. The Bertz CT molecular complexity index is 450. The first-order valence-corrected chi connectivity index (χ1v) is 8.11. The number of rotatable bonds is 1. The lowest BCUT2D eigenvalue weighted by atomic mass is 10.0. The summed E-state index contributed by atoms with van der Waals surface area (Å²) in [5, 5.41) is 0. The topological polar surface area (TPSA) is 18.8 Å². The van der Waals surface area contributed by atoms with E-state index in [4.69, 9.17) is 3.15 Å². The summed E-state index contributed by atoms with van der Waals surface area (Å²) >= 11 is -0.166. The molecule has 4 heteroatoms. The molecule has 1 aromatic carbocycles. The predicted octanol–water partition coefficient (Wildman–Crippen LogP) is 3.61. The number of fused-ring (bicyclic) bond motifs is 1. The summed E-state index contributed by atoms with van der Waals surface area (Å²) in [5.41, 5.74) is 3.94. The molecule has 0 bridgehead atoms. The zero-order valence-corrected chi connectivity index (χ0v) is 12.5. The van der Waals surface area contributed by atoms with Crippen molar-refractivity contribution in [3.63, 3.8) is 0 Å². The van der Waals surface area contributed by atoms with Crippen molar-refractivity contribution in [1.29, 1.82) is 0 Å². The molecule has 3 nitrogen and oxygen atoms in total. The second-order valence-corrected chi connectivity index (χ2v) is 6.95. The maximum Gasteiger partial charge on any atom is 0.121 e. The van der Waals surface area contributed by atoms with E-state index in [-0.39, 0.29) is 21.3 Å². The molecule has 0 spiro atoms. The number of likely N-dealkylation sites (tertiary alicyclic amines) is 1. The standard InChI is InChI=1S/C13H18IN3/c1-10-3-4-13-12(9-10)15-14-17(13)11-5-7-16(2)8-6-11/h3-4,9,11H,5-8H2,1-2H3. The Balaban J connectivity index is 1.82. The number of hydrogen-bond acceptors (Lipinski definition) is 3. The van der Waals surface area contributed by atoms with Gasteiger partial charge in [0.05, 0.1) is 11.4 Å². The van der Waals surface area contributed by atoms with E-state index in [1.54, 1.807) is 0 Å². The van der Waals surface area contributed by atoms with Gasteiger partial charge in [-0.15, -0.1) is 0 Å². The zero-order valence-electron chi connectivity index (χ0n) is 10.4. The molecule has 0 radical (unpaired) electrons. The maximum atomic E-state index is 4.76. The van der Waals surface area contributed by atoms with E-state index in [1.165, 1.54) is 42.9 Å². The fourth-order valence-corrected chi connectivity index (χ4v) is 4.89. The molecular formula is C13H18IN3. The van der Waals surface area contributed by atoms with Gasteiger partial charge in [0.1, 0.15) is 21.3 Å². The fraction of sp³-hybridized carbons (Fsp3) is 0.538. The Morgan fingerprint density at radius 1 is 1.29 bits per heavy atom. The summed E-state index contributed by atoms with van der Waals surface area (Å²) in [6, 6.07) is 7.43. The smallest absolute Gasteiger partial charge is 0.121 e. The van der Waals surface area contributed by atoms with Crippen LogP contribution >= 0.6 is 21.3 Å². The monoisotopic (exact) mass is 343 g/mol. The Labute approximate surface area is 113 Å². The molecule has 17 heavy (non-hydrogen) atoms. The lowest BCUT2D eigenvalue weighted by Gasteiger charge is -2.34. The van der Waals surface area contributed by atoms with E-state index >= 15 is 0 Å². The largest absolute Gasteiger partial charge is 0.306 e. The van der Waals surface area contributed by atoms with Crippen LogP contribution in [-0.2, 0) is 0 Å². The van der Waals surface area contributed by atoms with Crippen LogP contribution in [0, 0.1) is 6.92 Å². The molecule has 0 aromatic heterocycles. The van der Waals surface area contributed by atoms with Crippen LogP contribution < -0.4 is 3.11 Å². The van der Waals surface area contributed by atoms with Crippen LogP contribution in [-0.4, -0.2) is 31.1 Å². The highest BCUT2D eigenvalue weighted by Gasteiger charge is 2.27. The first kappa shape index (κ1) is 11.6. The van der Waals surface area contributed by atoms with Gasteiger partial charge < -0.3 is 8.01 Å². The molecule has 2 aliphatic heterocycles. The highest BCUT2D eigenvalue weighted by molar-refractivity contribution is 14.2. The molecule has 0 atom stereocenters. The Kier molecular flexibility index (Phi) is 3.17. The van der Waals surface area contributed by atoms with Gasteiger partial charge in [-0.3, -0.25) is 0 Å². The minimum atomic E-state index is -0.166. The molecule has 0 saturated carbocycles. The van der Waals surface area contributed by atoms with Gasteiger partial charge in [-0.05, 0) is 57.6 Å². The summed E-state index contributed by atoms with van der Waals surface area (Å²) < 4.78 is 7.36. The number of nitrogens with zero attached hydrogens (tertiary/aromatic N) is 3. The van der Waals surface area contributed by atoms with Crippen LogP contribution in [0.25, 0.3) is 0 Å². The van der Waals surface area contributed by atoms with Crippen LogP contribution in [0.1, 0.15) is 18.4 Å². The van der Waals surface area contributed by atoms with Crippen LogP contribution in [0.15, 0.2) is 21.3 Å². The molecule has 2 heterocycles. The molecule has 0 amide bonds. The highest BCUT2D eigenvalue weighted by Crippen LogP contribution is 2.45. The summed E-state index contributed by atoms with van der Waals surface area (Å²) in [4.78, 5) is 2.43. The molecule has 0 aliphatic carbocycles. The van der Waals surface area contributed by atoms with Crippen LogP contribution in [0.3, 0.4) is 0 Å². The molecule has 0 N–H and O–H groups in total. The van der Waals surface area contributed by atoms with E-state index in [9.17, 15) is 0 Å². The fourth-order valence-electron chi connectivity index (χ4n) is 2.48. The second-order valence-electron chi connectivity index (χ2n) is 5.00. The lowest BCUT2D eigenvalue weighted by molar-refractivity contribution is 0.260. The van der Waals surface area contributed by atoms with Crippen molar-refractivity contribution < 1.29 is 0 Å². The van der Waals surface area contributed by atoms with Gasteiger partial charge in [-0.2, -0.15) is 0 Å². The summed E-state index contributed by atoms with van der Waals surface area (Å²) in [5.74, 6) is 0. The molecule has 3 rings (SSSR count). The summed E-state index contributed by atoms with van der Waals surface area (Å²) in [7, 11) is 2.22. The lowest BCUT2D eigenvalue weighted by Crippen LogP contribution is -2.39. The SMILES string of the molecule is Cc1ccc2c(c1)N=IN2C1CCN(C)CC1. The Morgan fingerprint density at radius 2 is 2.06 bits per heavy atom. The van der Waals surface area contributed by atoms with Crippen LogP contribution in [0.4, 0.5) is 11.4 Å². The van der Waals surface area contributed by atoms with Gasteiger partial charge in [0.2, 0.25) is 0 Å². The van der Waals surface area contributed by atoms with Crippen molar-refractivity contribution in [2.24, 2.45) is 3.15 Å². The van der Waals surface area contributed by atoms with Gasteiger partial charge in [-0.1, -0.05) is 6.07 Å². The van der Waals surface area contributed by atoms with Crippen molar-refractivity contribution in [1.82, 2.24) is 4.90 Å². The molecule has 92 valence electrons. The number of piperidine rings is 1. The Morgan fingerprint density at radius 3 is 2.82 bits per heavy atom. The molecule has 1 fully saturated rings. The quantitative estimate of drug-likeness (QED) is 0.573. The van der Waals surface area contributed by atoms with Gasteiger partial charge in [0.25, 0.3) is 0 Å². The van der Waals surface area contributed by atoms with Gasteiger partial charge in [0, 0.05) is 6.04 Å². The number of halogens is 1. The first-order chi connectivity index (χ1) is 8.24. The van der Waals surface area contributed by atoms with E-state index in [1.807, 2.05) is 0 Å². The third-order valence-electron chi connectivity index (χ3n) is 3.58. The van der Waals surface area contributed by atoms with Crippen molar-refractivity contribution in [3.05, 3.63) is 23.8 Å². The molecule has 1 aromatic rings.